The van der Waals surface area contributed by atoms with Crippen molar-refractivity contribution in [2.24, 2.45) is 0 Å². The molecule has 3 rings (SSSR count). The molecule has 1 aromatic heterocycles. The Morgan fingerprint density at radius 3 is 2.62 bits per heavy atom. The van der Waals surface area contributed by atoms with Gasteiger partial charge in [0.25, 0.3) is 5.91 Å². The summed E-state index contributed by atoms with van der Waals surface area (Å²) in [5.41, 5.74) is 1.48. The summed E-state index contributed by atoms with van der Waals surface area (Å²) in [6.45, 7) is 1.52. The second-order valence-electron chi connectivity index (χ2n) is 5.12. The fourth-order valence-corrected chi connectivity index (χ4v) is 2.09. The second kappa shape index (κ2) is 6.95. The average Bonchev–Trinajstić information content (AvgIpc) is 3.06. The van der Waals surface area contributed by atoms with Gasteiger partial charge in [0.2, 0.25) is 5.88 Å². The first-order chi connectivity index (χ1) is 11.6. The summed E-state index contributed by atoms with van der Waals surface area (Å²) in [4.78, 5) is 12.1. The van der Waals surface area contributed by atoms with Gasteiger partial charge in [0.05, 0.1) is 0 Å². The third-order valence-corrected chi connectivity index (χ3v) is 3.34. The normalized spacial score (nSPS) is 11.8. The predicted octanol–water partition coefficient (Wildman–Crippen LogP) is 3.89. The smallest absolute Gasteiger partial charge is 0.267 e. The highest BCUT2D eigenvalue weighted by atomic mass is 19.1. The zero-order valence-corrected chi connectivity index (χ0v) is 12.9. The van der Waals surface area contributed by atoms with Gasteiger partial charge in [-0.25, -0.2) is 4.39 Å². The van der Waals surface area contributed by atoms with Gasteiger partial charge in [-0.2, -0.15) is 0 Å². The molecule has 1 atom stereocenters. The van der Waals surface area contributed by atoms with Crippen molar-refractivity contribution < 1.29 is 18.4 Å². The molecule has 0 aliphatic heterocycles. The van der Waals surface area contributed by atoms with Gasteiger partial charge in [-0.3, -0.25) is 10.1 Å². The van der Waals surface area contributed by atoms with E-state index in [1.54, 1.807) is 18.2 Å². The lowest BCUT2D eigenvalue weighted by molar-refractivity contribution is -0.122. The molecule has 0 aliphatic rings. The molecule has 24 heavy (non-hydrogen) atoms. The molecule has 1 N–H and O–H groups in total. The molecule has 6 heteroatoms. The van der Waals surface area contributed by atoms with E-state index in [4.69, 9.17) is 9.26 Å². The Hall–Kier alpha value is -3.15. The Balaban J connectivity index is 1.65. The number of carbonyl (C=O) groups is 1. The van der Waals surface area contributed by atoms with Crippen LogP contribution in [0.25, 0.3) is 11.3 Å². The summed E-state index contributed by atoms with van der Waals surface area (Å²) in [6, 6.07) is 16.9. The number of aromatic nitrogens is 1. The molecule has 0 radical (unpaired) electrons. The van der Waals surface area contributed by atoms with E-state index in [9.17, 15) is 9.18 Å². The number of nitrogens with one attached hydrogen (secondary N) is 1. The van der Waals surface area contributed by atoms with Gasteiger partial charge >= 0.3 is 0 Å². The molecule has 1 amide bonds. The lowest BCUT2D eigenvalue weighted by Gasteiger charge is -2.13. The summed E-state index contributed by atoms with van der Waals surface area (Å²) in [5.74, 6) is -0.775. The fourth-order valence-electron chi connectivity index (χ4n) is 2.09. The molecule has 0 aliphatic carbocycles. The van der Waals surface area contributed by atoms with Crippen molar-refractivity contribution in [2.75, 3.05) is 5.32 Å². The zero-order chi connectivity index (χ0) is 16.9. The first kappa shape index (κ1) is 15.7. The SMILES string of the molecule is C[C@H](Oc1ccccc1F)C(=O)Nc1cc(-c2ccccc2)no1. The van der Waals surface area contributed by atoms with E-state index in [1.165, 1.54) is 19.1 Å². The number of hydrogen-bond donors (Lipinski definition) is 1. The maximum absolute atomic E-state index is 13.5. The molecular weight excluding hydrogens is 311 g/mol. The summed E-state index contributed by atoms with van der Waals surface area (Å²) < 4.78 is 24.0. The Morgan fingerprint density at radius 1 is 1.17 bits per heavy atom. The Labute approximate surface area is 138 Å². The van der Waals surface area contributed by atoms with E-state index in [-0.39, 0.29) is 11.6 Å². The highest BCUT2D eigenvalue weighted by molar-refractivity contribution is 5.93. The van der Waals surface area contributed by atoms with Crippen molar-refractivity contribution in [3.8, 4) is 17.0 Å². The first-order valence-corrected chi connectivity index (χ1v) is 7.37. The third kappa shape index (κ3) is 3.60. The van der Waals surface area contributed by atoms with Crippen LogP contribution in [-0.2, 0) is 4.79 Å². The van der Waals surface area contributed by atoms with Gasteiger partial charge < -0.3 is 9.26 Å². The van der Waals surface area contributed by atoms with Crippen LogP contribution in [0.5, 0.6) is 5.75 Å². The van der Waals surface area contributed by atoms with E-state index < -0.39 is 17.8 Å². The lowest BCUT2D eigenvalue weighted by Crippen LogP contribution is -2.30. The number of para-hydroxylation sites is 1. The Morgan fingerprint density at radius 2 is 1.88 bits per heavy atom. The number of carbonyl (C=O) groups excluding carboxylic acids is 1. The summed E-state index contributed by atoms with van der Waals surface area (Å²) in [6.07, 6.45) is -0.896. The average molecular weight is 326 g/mol. The predicted molar refractivity (Wildman–Crippen MR) is 87.1 cm³/mol. The number of nitrogens with zero attached hydrogens (tertiary/aromatic N) is 1. The number of halogens is 1. The zero-order valence-electron chi connectivity index (χ0n) is 12.9. The molecule has 0 fully saturated rings. The van der Waals surface area contributed by atoms with Crippen LogP contribution in [0.1, 0.15) is 6.92 Å². The highest BCUT2D eigenvalue weighted by Crippen LogP contribution is 2.22. The second-order valence-corrected chi connectivity index (χ2v) is 5.12. The quantitative estimate of drug-likeness (QED) is 0.772. The Bertz CT molecular complexity index is 833. The van der Waals surface area contributed by atoms with Gasteiger partial charge in [0.1, 0.15) is 5.69 Å². The summed E-state index contributed by atoms with van der Waals surface area (Å²) >= 11 is 0. The molecule has 0 unspecified atom stereocenters. The minimum Gasteiger partial charge on any atom is -0.478 e. The van der Waals surface area contributed by atoms with Crippen molar-refractivity contribution in [2.45, 2.75) is 13.0 Å². The minimum atomic E-state index is -0.896. The van der Waals surface area contributed by atoms with Crippen molar-refractivity contribution in [3.63, 3.8) is 0 Å². The topological polar surface area (TPSA) is 64.4 Å². The van der Waals surface area contributed by atoms with Gasteiger partial charge in [-0.15, -0.1) is 0 Å². The highest BCUT2D eigenvalue weighted by Gasteiger charge is 2.18. The van der Waals surface area contributed by atoms with Crippen LogP contribution in [0, 0.1) is 5.82 Å². The van der Waals surface area contributed by atoms with Crippen molar-refractivity contribution in [3.05, 3.63) is 66.5 Å². The maximum Gasteiger partial charge on any atom is 0.267 e. The number of benzene rings is 2. The van der Waals surface area contributed by atoms with Crippen molar-refractivity contribution in [1.82, 2.24) is 5.16 Å². The number of rotatable bonds is 5. The van der Waals surface area contributed by atoms with E-state index in [2.05, 4.69) is 10.5 Å². The van der Waals surface area contributed by atoms with Gasteiger partial charge in [-0.1, -0.05) is 47.6 Å². The van der Waals surface area contributed by atoms with Crippen molar-refractivity contribution >= 4 is 11.8 Å². The van der Waals surface area contributed by atoms with Crippen LogP contribution < -0.4 is 10.1 Å². The van der Waals surface area contributed by atoms with Crippen LogP contribution >= 0.6 is 0 Å². The van der Waals surface area contributed by atoms with E-state index in [0.29, 0.717) is 5.69 Å². The summed E-state index contributed by atoms with van der Waals surface area (Å²) in [7, 11) is 0. The molecule has 0 bridgehead atoms. The van der Waals surface area contributed by atoms with E-state index >= 15 is 0 Å². The molecule has 0 saturated carbocycles. The third-order valence-electron chi connectivity index (χ3n) is 3.34. The Kier molecular flexibility index (Phi) is 4.56. The monoisotopic (exact) mass is 326 g/mol. The molecule has 3 aromatic rings. The summed E-state index contributed by atoms with van der Waals surface area (Å²) in [5, 5.41) is 6.46. The van der Waals surface area contributed by atoms with Crippen LogP contribution in [0.4, 0.5) is 10.3 Å². The largest absolute Gasteiger partial charge is 0.478 e. The minimum absolute atomic E-state index is 0.0164. The molecule has 0 spiro atoms. The standard InChI is InChI=1S/C18H15FN2O3/c1-12(23-16-10-6-5-9-14(16)19)18(22)20-17-11-15(21-24-17)13-7-3-2-4-8-13/h2-12H,1H3,(H,20,22)/t12-/m0/s1. The van der Waals surface area contributed by atoms with Crippen LogP contribution in [0.2, 0.25) is 0 Å². The van der Waals surface area contributed by atoms with Gasteiger partial charge in [-0.05, 0) is 19.1 Å². The number of hydrogen-bond acceptors (Lipinski definition) is 4. The number of anilines is 1. The number of amides is 1. The first-order valence-electron chi connectivity index (χ1n) is 7.37. The fraction of sp³-hybridized carbons (Fsp3) is 0.111. The molecule has 122 valence electrons. The van der Waals surface area contributed by atoms with E-state index in [1.807, 2.05) is 30.3 Å². The maximum atomic E-state index is 13.5. The van der Waals surface area contributed by atoms with E-state index in [0.717, 1.165) is 5.56 Å². The lowest BCUT2D eigenvalue weighted by atomic mass is 10.1. The van der Waals surface area contributed by atoms with Crippen LogP contribution in [-0.4, -0.2) is 17.2 Å². The van der Waals surface area contributed by atoms with Gasteiger partial charge in [0, 0.05) is 11.6 Å². The molecule has 0 saturated heterocycles. The molecule has 1 heterocycles. The molecule has 2 aromatic carbocycles. The van der Waals surface area contributed by atoms with Crippen LogP contribution in [0.15, 0.2) is 65.2 Å². The molecular formula is C18H15FN2O3. The van der Waals surface area contributed by atoms with Crippen molar-refractivity contribution in [1.29, 1.82) is 0 Å². The van der Waals surface area contributed by atoms with Crippen LogP contribution in [0.3, 0.4) is 0 Å². The van der Waals surface area contributed by atoms with Gasteiger partial charge in [0.15, 0.2) is 17.7 Å². The number of ether oxygens (including phenoxy) is 1. The molecule has 5 nitrogen and oxygen atoms in total.